The first-order valence-corrected chi connectivity index (χ1v) is 34.6. The van der Waals surface area contributed by atoms with Crippen molar-refractivity contribution in [3.8, 4) is 72.4 Å². The Morgan fingerprint density at radius 1 is 0.208 bits per heavy atom. The van der Waals surface area contributed by atoms with Crippen molar-refractivity contribution in [2.75, 3.05) is 9.80 Å². The molecule has 0 fully saturated rings. The molecule has 18 aromatic rings. The Bertz CT molecular complexity index is 5680. The van der Waals surface area contributed by atoms with Gasteiger partial charge < -0.3 is 14.4 Å². The molecule has 0 saturated heterocycles. The van der Waals surface area contributed by atoms with Crippen LogP contribution in [0.1, 0.15) is 0 Å². The summed E-state index contributed by atoms with van der Waals surface area (Å²) in [5.41, 5.74) is 27.7. The maximum Gasteiger partial charge on any atom is 0.252 e. The van der Waals surface area contributed by atoms with E-state index in [-0.39, 0.29) is 6.71 Å². The summed E-state index contributed by atoms with van der Waals surface area (Å²) in [7, 11) is 0. The van der Waals surface area contributed by atoms with Gasteiger partial charge in [-0.2, -0.15) is 0 Å². The highest BCUT2D eigenvalue weighted by atomic mass is 32.1. The Balaban J connectivity index is 0.926. The molecular formula is C90H56BN3S2. The Labute approximate surface area is 564 Å². The fourth-order valence-electron chi connectivity index (χ4n) is 15.7. The first-order chi connectivity index (χ1) is 47.6. The van der Waals surface area contributed by atoms with Crippen LogP contribution in [0.25, 0.3) is 135 Å². The van der Waals surface area contributed by atoms with Gasteiger partial charge in [0.05, 0.1) is 16.7 Å². The average Bonchev–Trinajstić information content (AvgIpc) is 0.731. The van der Waals surface area contributed by atoms with E-state index in [0.717, 1.165) is 106 Å². The van der Waals surface area contributed by atoms with Crippen LogP contribution in [0, 0.1) is 0 Å². The second kappa shape index (κ2) is 21.9. The molecule has 3 aromatic heterocycles. The van der Waals surface area contributed by atoms with Gasteiger partial charge in [0, 0.05) is 85.2 Å². The Hall–Kier alpha value is -11.8. The lowest BCUT2D eigenvalue weighted by molar-refractivity contribution is 1.16. The SMILES string of the molecule is c1ccc(-c2cc(-c3ccccc3)cc(N3c4cc(-c5ccc6sc7ccccc7c6c5)ccc4B4c5ccc(-c6ccc7sc8ccccc8c7c6)cc5N(c5cc(-c6ccccc6)cc(-c6ccccc6)c5)c5cc(-n6c7ccccc7c7ccccc76)cc3c54)c2)cc1. The highest BCUT2D eigenvalue weighted by Gasteiger charge is 2.44. The number of para-hydroxylation sites is 2. The summed E-state index contributed by atoms with van der Waals surface area (Å²) < 4.78 is 7.72. The van der Waals surface area contributed by atoms with Gasteiger partial charge in [-0.3, -0.25) is 0 Å². The molecule has 0 atom stereocenters. The van der Waals surface area contributed by atoms with Crippen LogP contribution in [0.15, 0.2) is 340 Å². The molecule has 0 saturated carbocycles. The van der Waals surface area contributed by atoms with Crippen LogP contribution in [0.4, 0.5) is 34.1 Å². The minimum Gasteiger partial charge on any atom is -0.311 e. The topological polar surface area (TPSA) is 11.4 Å². The van der Waals surface area contributed by atoms with Crippen LogP contribution < -0.4 is 26.2 Å². The van der Waals surface area contributed by atoms with Gasteiger partial charge >= 0.3 is 0 Å². The minimum atomic E-state index is -0.189. The third-order valence-corrected chi connectivity index (χ3v) is 22.4. The van der Waals surface area contributed by atoms with Crippen LogP contribution in [-0.4, -0.2) is 11.3 Å². The largest absolute Gasteiger partial charge is 0.311 e. The fraction of sp³-hybridized carbons (Fsp3) is 0. The maximum atomic E-state index is 2.64. The number of rotatable bonds is 9. The summed E-state index contributed by atoms with van der Waals surface area (Å²) >= 11 is 3.73. The van der Waals surface area contributed by atoms with E-state index in [4.69, 9.17) is 0 Å². The summed E-state index contributed by atoms with van der Waals surface area (Å²) in [4.78, 5) is 5.27. The lowest BCUT2D eigenvalue weighted by Crippen LogP contribution is -2.61. The van der Waals surface area contributed by atoms with Crippen molar-refractivity contribution in [2.45, 2.75) is 0 Å². The number of thiophene rings is 2. The molecule has 0 radical (unpaired) electrons. The van der Waals surface area contributed by atoms with E-state index in [1.54, 1.807) is 0 Å². The van der Waals surface area contributed by atoms with E-state index in [9.17, 15) is 0 Å². The third kappa shape index (κ3) is 8.80. The highest BCUT2D eigenvalue weighted by molar-refractivity contribution is 7.26. The third-order valence-electron chi connectivity index (χ3n) is 20.1. The maximum absolute atomic E-state index is 2.64. The van der Waals surface area contributed by atoms with Gasteiger partial charge in [-0.1, -0.05) is 231 Å². The highest BCUT2D eigenvalue weighted by Crippen LogP contribution is 2.51. The standard InChI is InChI=1S/C90H56BN3S2/c1-5-21-57(22-6-1)65-45-66(58-23-7-2-8-24-58)48-69(47-65)93-82-53-63(61-39-43-88-76(51-61)74-31-15-19-35-86(74)95-88)37-41-78(82)91-79-42-38-64(62-40-44-89-77(52-62)75-32-16-20-36-87(75)96-89)54-83(79)94(70-49-67(59-25-9-3-10-26-59)46-68(50-70)60-27-11-4-12-28-60)85-56-71(55-84(93)90(85)91)92-80-33-17-13-29-72(80)73-30-14-18-34-81(73)92/h1-56H. The van der Waals surface area contributed by atoms with Crippen LogP contribution in [-0.2, 0) is 0 Å². The van der Waals surface area contributed by atoms with Gasteiger partial charge in [0.2, 0.25) is 0 Å². The zero-order chi connectivity index (χ0) is 63.0. The number of aromatic nitrogens is 1. The van der Waals surface area contributed by atoms with E-state index in [1.807, 2.05) is 22.7 Å². The van der Waals surface area contributed by atoms with Gasteiger partial charge in [0.15, 0.2) is 0 Å². The van der Waals surface area contributed by atoms with Crippen LogP contribution in [0.3, 0.4) is 0 Å². The van der Waals surface area contributed by atoms with Crippen LogP contribution in [0.5, 0.6) is 0 Å². The Kier molecular flexibility index (Phi) is 12.5. The van der Waals surface area contributed by atoms with Crippen molar-refractivity contribution in [2.24, 2.45) is 0 Å². The van der Waals surface area contributed by atoms with E-state index < -0.39 is 0 Å². The summed E-state index contributed by atoms with van der Waals surface area (Å²) in [5.74, 6) is 0. The monoisotopic (exact) mass is 1250 g/mol. The average molecular weight is 1250 g/mol. The molecule has 0 N–H and O–H groups in total. The molecule has 0 bridgehead atoms. The van der Waals surface area contributed by atoms with Crippen LogP contribution in [0.2, 0.25) is 0 Å². The summed E-state index contributed by atoms with van der Waals surface area (Å²) in [6, 6.07) is 128. The molecule has 0 aliphatic carbocycles. The van der Waals surface area contributed by atoms with E-state index >= 15 is 0 Å². The molecule has 20 rings (SSSR count). The molecule has 0 unspecified atom stereocenters. The van der Waals surface area contributed by atoms with E-state index in [2.05, 4.69) is 354 Å². The zero-order valence-corrected chi connectivity index (χ0v) is 53.7. The quantitative estimate of drug-likeness (QED) is 0.133. The van der Waals surface area contributed by atoms with Gasteiger partial charge in [0.25, 0.3) is 6.71 Å². The molecule has 2 aliphatic rings. The molecule has 2 aliphatic heterocycles. The van der Waals surface area contributed by atoms with Crippen molar-refractivity contribution in [3.63, 3.8) is 0 Å². The predicted molar refractivity (Wildman–Crippen MR) is 413 cm³/mol. The molecule has 446 valence electrons. The number of hydrogen-bond acceptors (Lipinski definition) is 4. The predicted octanol–water partition coefficient (Wildman–Crippen LogP) is 23.6. The second-order valence-electron chi connectivity index (χ2n) is 25.5. The Morgan fingerprint density at radius 2 is 0.542 bits per heavy atom. The smallest absolute Gasteiger partial charge is 0.252 e. The number of nitrogens with zero attached hydrogens (tertiary/aromatic N) is 3. The van der Waals surface area contributed by atoms with Gasteiger partial charge in [-0.25, -0.2) is 0 Å². The van der Waals surface area contributed by atoms with Crippen molar-refractivity contribution >= 4 is 142 Å². The fourth-order valence-corrected chi connectivity index (χ4v) is 17.9. The van der Waals surface area contributed by atoms with Crippen LogP contribution >= 0.6 is 22.7 Å². The van der Waals surface area contributed by atoms with Crippen molar-refractivity contribution in [1.82, 2.24) is 4.57 Å². The normalized spacial score (nSPS) is 12.5. The molecule has 5 heterocycles. The molecule has 0 spiro atoms. The van der Waals surface area contributed by atoms with Gasteiger partial charge in [0.1, 0.15) is 0 Å². The first kappa shape index (κ1) is 54.7. The molecule has 15 aromatic carbocycles. The number of benzene rings is 15. The van der Waals surface area contributed by atoms with Crippen molar-refractivity contribution < 1.29 is 0 Å². The lowest BCUT2D eigenvalue weighted by Gasteiger charge is -2.45. The molecule has 96 heavy (non-hydrogen) atoms. The molecule has 6 heteroatoms. The van der Waals surface area contributed by atoms with E-state index in [1.165, 1.54) is 78.6 Å². The molecule has 3 nitrogen and oxygen atoms in total. The number of fused-ring (bicyclic) bond motifs is 13. The number of anilines is 6. The molecular weight excluding hydrogens is 1200 g/mol. The number of hydrogen-bond donors (Lipinski definition) is 0. The summed E-state index contributed by atoms with van der Waals surface area (Å²) in [6.45, 7) is -0.189. The second-order valence-corrected chi connectivity index (χ2v) is 27.7. The van der Waals surface area contributed by atoms with Crippen molar-refractivity contribution in [1.29, 1.82) is 0 Å². The van der Waals surface area contributed by atoms with Gasteiger partial charge in [-0.05, 0) is 192 Å². The lowest BCUT2D eigenvalue weighted by atomic mass is 9.33. The Morgan fingerprint density at radius 3 is 0.948 bits per heavy atom. The summed E-state index contributed by atoms with van der Waals surface area (Å²) in [6.07, 6.45) is 0. The minimum absolute atomic E-state index is 0.189. The first-order valence-electron chi connectivity index (χ1n) is 33.0. The molecule has 0 amide bonds. The summed E-state index contributed by atoms with van der Waals surface area (Å²) in [5, 5.41) is 7.58. The van der Waals surface area contributed by atoms with Gasteiger partial charge in [-0.15, -0.1) is 22.7 Å². The zero-order valence-electron chi connectivity index (χ0n) is 52.1. The van der Waals surface area contributed by atoms with E-state index in [0.29, 0.717) is 0 Å². The van der Waals surface area contributed by atoms with Crippen molar-refractivity contribution in [3.05, 3.63) is 340 Å².